The number of nitrogens with one attached hydrogen (secondary N) is 1. The van der Waals surface area contributed by atoms with Gasteiger partial charge in [-0.25, -0.2) is 9.00 Å². The lowest BCUT2D eigenvalue weighted by molar-refractivity contribution is 0.251. The van der Waals surface area contributed by atoms with Gasteiger partial charge in [0.25, 0.3) is 0 Å². The lowest BCUT2D eigenvalue weighted by atomic mass is 10.4. The average molecular weight is 212 g/mol. The Labute approximate surface area is 83.5 Å². The predicted octanol–water partition coefficient (Wildman–Crippen LogP) is 1.48. The third-order valence-corrected chi connectivity index (χ3v) is 3.31. The zero-order valence-electron chi connectivity index (χ0n) is 8.06. The maximum Gasteiger partial charge on any atom is 0.349 e. The number of amides is 2. The minimum Gasteiger partial charge on any atom is -0.339 e. The molecule has 5 heteroatoms. The number of carbonyl (C=O) groups excluding carboxylic acids is 1. The van der Waals surface area contributed by atoms with Gasteiger partial charge in [0.2, 0.25) is 0 Å². The minimum absolute atomic E-state index is 0.559. The van der Waals surface area contributed by atoms with Crippen LogP contribution in [0.15, 0.2) is 39.6 Å². The van der Waals surface area contributed by atoms with Gasteiger partial charge in [-0.15, -0.1) is 4.36 Å². The highest BCUT2D eigenvalue weighted by Crippen LogP contribution is 2.10. The Hall–Kier alpha value is -1.36. The summed E-state index contributed by atoms with van der Waals surface area (Å²) in [4.78, 5) is 11.5. The monoisotopic (exact) mass is 212 g/mol. The van der Waals surface area contributed by atoms with Crippen LogP contribution in [0.1, 0.15) is 0 Å². The normalized spacial score (nSPS) is 14.1. The Morgan fingerprint density at radius 3 is 2.43 bits per heavy atom. The van der Waals surface area contributed by atoms with Crippen molar-refractivity contribution in [3.05, 3.63) is 30.3 Å². The van der Waals surface area contributed by atoms with Crippen LogP contribution in [-0.4, -0.2) is 23.5 Å². The standard InChI is InChI=1S/C9H12N2O2S/c1-10-9(12)11-14(2,13)8-6-4-3-5-7-8/h3-7H,1-2H3,(H,10,12). The molecular weight excluding hydrogens is 200 g/mol. The quantitative estimate of drug-likeness (QED) is 0.766. The molecule has 0 spiro atoms. The van der Waals surface area contributed by atoms with Crippen molar-refractivity contribution in [2.24, 2.45) is 4.36 Å². The van der Waals surface area contributed by atoms with Crippen molar-refractivity contribution in [3.63, 3.8) is 0 Å². The Kier molecular flexibility index (Phi) is 3.24. The van der Waals surface area contributed by atoms with Crippen LogP contribution in [0.25, 0.3) is 0 Å². The summed E-state index contributed by atoms with van der Waals surface area (Å²) in [6.07, 6.45) is 1.44. The molecule has 0 aromatic heterocycles. The first kappa shape index (κ1) is 10.7. The molecule has 0 radical (unpaired) electrons. The summed E-state index contributed by atoms with van der Waals surface area (Å²) in [5.74, 6) is 0. The van der Waals surface area contributed by atoms with Crippen LogP contribution in [0.3, 0.4) is 0 Å². The maximum absolute atomic E-state index is 11.9. The molecule has 0 heterocycles. The largest absolute Gasteiger partial charge is 0.349 e. The molecule has 0 saturated heterocycles. The molecule has 2 amide bonds. The first-order chi connectivity index (χ1) is 6.56. The SMILES string of the molecule is CNC(=O)N=S(C)(=O)c1ccccc1. The van der Waals surface area contributed by atoms with E-state index in [2.05, 4.69) is 9.68 Å². The van der Waals surface area contributed by atoms with Gasteiger partial charge in [0.15, 0.2) is 0 Å². The van der Waals surface area contributed by atoms with Crippen LogP contribution in [0.4, 0.5) is 4.79 Å². The number of nitrogens with zero attached hydrogens (tertiary/aromatic N) is 1. The predicted molar refractivity (Wildman–Crippen MR) is 55.7 cm³/mol. The molecule has 1 unspecified atom stereocenters. The van der Waals surface area contributed by atoms with Crippen molar-refractivity contribution in [1.29, 1.82) is 0 Å². The fourth-order valence-corrected chi connectivity index (χ4v) is 2.10. The summed E-state index contributed by atoms with van der Waals surface area (Å²) in [7, 11) is -1.16. The second kappa shape index (κ2) is 4.23. The maximum atomic E-state index is 11.9. The van der Waals surface area contributed by atoms with E-state index in [1.165, 1.54) is 13.3 Å². The molecule has 1 aromatic rings. The topological polar surface area (TPSA) is 58.5 Å². The number of carbonyl (C=O) groups is 1. The zero-order chi connectivity index (χ0) is 10.6. The molecule has 0 aliphatic rings. The molecule has 1 N–H and O–H groups in total. The van der Waals surface area contributed by atoms with E-state index in [-0.39, 0.29) is 0 Å². The first-order valence-corrected chi connectivity index (χ1v) is 5.97. The lowest BCUT2D eigenvalue weighted by Gasteiger charge is -2.02. The number of rotatable bonds is 1. The van der Waals surface area contributed by atoms with Gasteiger partial charge in [-0.2, -0.15) is 0 Å². The Balaban J connectivity index is 3.15. The number of urea groups is 1. The van der Waals surface area contributed by atoms with Crippen LogP contribution in [0, 0.1) is 0 Å². The summed E-state index contributed by atoms with van der Waals surface area (Å²) in [6.45, 7) is 0. The third-order valence-electron chi connectivity index (χ3n) is 1.65. The molecule has 0 bridgehead atoms. The molecule has 0 aliphatic carbocycles. The van der Waals surface area contributed by atoms with Gasteiger partial charge in [0, 0.05) is 18.2 Å². The molecule has 0 aliphatic heterocycles. The van der Waals surface area contributed by atoms with Crippen LogP contribution < -0.4 is 5.32 Å². The van der Waals surface area contributed by atoms with E-state index < -0.39 is 15.8 Å². The van der Waals surface area contributed by atoms with Gasteiger partial charge < -0.3 is 5.32 Å². The van der Waals surface area contributed by atoms with E-state index in [0.717, 1.165) is 0 Å². The van der Waals surface area contributed by atoms with E-state index in [1.807, 2.05) is 6.07 Å². The van der Waals surface area contributed by atoms with Crippen LogP contribution in [0.5, 0.6) is 0 Å². The van der Waals surface area contributed by atoms with Gasteiger partial charge in [-0.3, -0.25) is 0 Å². The van der Waals surface area contributed by atoms with Crippen molar-refractivity contribution >= 4 is 15.8 Å². The summed E-state index contributed by atoms with van der Waals surface area (Å²) >= 11 is 0. The molecule has 0 fully saturated rings. The Morgan fingerprint density at radius 1 is 1.36 bits per heavy atom. The lowest BCUT2D eigenvalue weighted by Crippen LogP contribution is -2.15. The molecule has 14 heavy (non-hydrogen) atoms. The van der Waals surface area contributed by atoms with Crippen LogP contribution in [-0.2, 0) is 9.73 Å². The van der Waals surface area contributed by atoms with Crippen molar-refractivity contribution in [1.82, 2.24) is 5.32 Å². The molecule has 0 saturated carbocycles. The minimum atomic E-state index is -2.61. The highest BCUT2D eigenvalue weighted by molar-refractivity contribution is 7.93. The van der Waals surface area contributed by atoms with Gasteiger partial charge >= 0.3 is 6.03 Å². The van der Waals surface area contributed by atoms with Crippen LogP contribution in [0.2, 0.25) is 0 Å². The van der Waals surface area contributed by atoms with E-state index in [0.29, 0.717) is 4.90 Å². The molecule has 1 aromatic carbocycles. The number of hydrogen-bond donors (Lipinski definition) is 1. The van der Waals surface area contributed by atoms with E-state index in [9.17, 15) is 9.00 Å². The second-order valence-corrected chi connectivity index (χ2v) is 5.02. The van der Waals surface area contributed by atoms with Crippen LogP contribution >= 0.6 is 0 Å². The summed E-state index contributed by atoms with van der Waals surface area (Å²) in [5.41, 5.74) is 0. The van der Waals surface area contributed by atoms with Gasteiger partial charge in [0.05, 0.1) is 9.73 Å². The van der Waals surface area contributed by atoms with Crippen molar-refractivity contribution < 1.29 is 9.00 Å². The molecular formula is C9H12N2O2S. The Morgan fingerprint density at radius 2 is 1.93 bits per heavy atom. The van der Waals surface area contributed by atoms with Gasteiger partial charge in [0.1, 0.15) is 0 Å². The fourth-order valence-electron chi connectivity index (χ4n) is 0.930. The number of benzene rings is 1. The van der Waals surface area contributed by atoms with Gasteiger partial charge in [-0.05, 0) is 12.1 Å². The van der Waals surface area contributed by atoms with E-state index in [4.69, 9.17) is 0 Å². The molecule has 76 valence electrons. The highest BCUT2D eigenvalue weighted by atomic mass is 32.2. The number of hydrogen-bond acceptors (Lipinski definition) is 2. The molecule has 1 atom stereocenters. The van der Waals surface area contributed by atoms with Crippen molar-refractivity contribution in [2.45, 2.75) is 4.90 Å². The van der Waals surface area contributed by atoms with Gasteiger partial charge in [-0.1, -0.05) is 18.2 Å². The summed E-state index contributed by atoms with van der Waals surface area (Å²) < 4.78 is 15.5. The molecule has 4 nitrogen and oxygen atoms in total. The van der Waals surface area contributed by atoms with Crippen molar-refractivity contribution in [2.75, 3.05) is 13.3 Å². The van der Waals surface area contributed by atoms with E-state index >= 15 is 0 Å². The fraction of sp³-hybridized carbons (Fsp3) is 0.222. The first-order valence-electron chi connectivity index (χ1n) is 4.05. The second-order valence-electron chi connectivity index (χ2n) is 2.76. The Bertz CT molecular complexity index is 433. The summed E-state index contributed by atoms with van der Waals surface area (Å²) in [5, 5.41) is 2.31. The average Bonchev–Trinajstić information content (AvgIpc) is 2.18. The van der Waals surface area contributed by atoms with Crippen molar-refractivity contribution in [3.8, 4) is 0 Å². The third kappa shape index (κ3) is 2.56. The van der Waals surface area contributed by atoms with E-state index in [1.54, 1.807) is 24.3 Å². The summed E-state index contributed by atoms with van der Waals surface area (Å²) in [6, 6.07) is 8.15. The zero-order valence-corrected chi connectivity index (χ0v) is 8.88. The molecule has 1 rings (SSSR count). The highest BCUT2D eigenvalue weighted by Gasteiger charge is 2.06. The smallest absolute Gasteiger partial charge is 0.339 e.